The summed E-state index contributed by atoms with van der Waals surface area (Å²) in [5, 5.41) is 2.95. The van der Waals surface area contributed by atoms with Gasteiger partial charge in [-0.2, -0.15) is 0 Å². The molecule has 0 aromatic rings. The molecule has 0 heterocycles. The molecule has 0 aliphatic heterocycles. The Morgan fingerprint density at radius 1 is 1.27 bits per heavy atom. The van der Waals surface area contributed by atoms with Gasteiger partial charge in [0.05, 0.1) is 0 Å². The van der Waals surface area contributed by atoms with Gasteiger partial charge in [-0.1, -0.05) is 45.1 Å². The maximum atomic E-state index is 5.61. The van der Waals surface area contributed by atoms with Gasteiger partial charge in [0.25, 0.3) is 0 Å². The summed E-state index contributed by atoms with van der Waals surface area (Å²) in [4.78, 5) is 4.22. The fourth-order valence-corrected chi connectivity index (χ4v) is 1.32. The van der Waals surface area contributed by atoms with Gasteiger partial charge in [0.1, 0.15) is 0 Å². The van der Waals surface area contributed by atoms with Crippen molar-refractivity contribution in [1.29, 1.82) is 0 Å². The first-order chi connectivity index (χ1) is 7.31. The van der Waals surface area contributed by atoms with Crippen LogP contribution in [0.4, 0.5) is 0 Å². The molecule has 0 aromatic carbocycles. The Hall–Kier alpha value is -0.990. The van der Waals surface area contributed by atoms with Gasteiger partial charge in [-0.15, -0.1) is 6.58 Å². The molecule has 88 valence electrons. The van der Waals surface area contributed by atoms with Crippen LogP contribution in [0.25, 0.3) is 0 Å². The van der Waals surface area contributed by atoms with Crippen molar-refractivity contribution in [1.82, 2.24) is 5.32 Å². The van der Waals surface area contributed by atoms with Crippen molar-refractivity contribution >= 4 is 5.96 Å². The van der Waals surface area contributed by atoms with Gasteiger partial charge in [0.2, 0.25) is 0 Å². The van der Waals surface area contributed by atoms with Gasteiger partial charge in [-0.05, 0) is 6.42 Å². The number of unbranched alkanes of at least 4 members (excludes halogenated alkanes) is 5. The highest BCUT2D eigenvalue weighted by atomic mass is 15.1. The molecular weight excluding hydrogens is 186 g/mol. The fourth-order valence-electron chi connectivity index (χ4n) is 1.32. The monoisotopic (exact) mass is 211 g/mol. The molecule has 3 N–H and O–H groups in total. The molecule has 0 aromatic heterocycles. The van der Waals surface area contributed by atoms with Crippen molar-refractivity contribution in [3.63, 3.8) is 0 Å². The Balaban J connectivity index is 3.24. The molecule has 0 saturated carbocycles. The molecule has 3 heteroatoms. The van der Waals surface area contributed by atoms with E-state index in [0.717, 1.165) is 13.0 Å². The molecule has 0 aliphatic rings. The van der Waals surface area contributed by atoms with Crippen molar-refractivity contribution in [3.05, 3.63) is 12.7 Å². The van der Waals surface area contributed by atoms with Gasteiger partial charge >= 0.3 is 0 Å². The Bertz CT molecular complexity index is 176. The average Bonchev–Trinajstić information content (AvgIpc) is 2.25. The smallest absolute Gasteiger partial charge is 0.188 e. The van der Waals surface area contributed by atoms with E-state index in [9.17, 15) is 0 Å². The number of nitrogens with zero attached hydrogens (tertiary/aromatic N) is 1. The second kappa shape index (κ2) is 11.1. The van der Waals surface area contributed by atoms with Gasteiger partial charge < -0.3 is 11.1 Å². The van der Waals surface area contributed by atoms with Crippen LogP contribution in [0.15, 0.2) is 17.6 Å². The van der Waals surface area contributed by atoms with E-state index in [1.54, 1.807) is 6.08 Å². The van der Waals surface area contributed by atoms with Gasteiger partial charge in [-0.3, -0.25) is 4.99 Å². The minimum absolute atomic E-state index is 0.531. The van der Waals surface area contributed by atoms with E-state index in [4.69, 9.17) is 5.73 Å². The molecule has 0 atom stereocenters. The minimum atomic E-state index is 0.531. The Morgan fingerprint density at radius 3 is 2.60 bits per heavy atom. The highest BCUT2D eigenvalue weighted by Crippen LogP contribution is 2.04. The van der Waals surface area contributed by atoms with Crippen LogP contribution < -0.4 is 11.1 Å². The summed E-state index contributed by atoms with van der Waals surface area (Å²) in [5.74, 6) is 0.531. The largest absolute Gasteiger partial charge is 0.370 e. The summed E-state index contributed by atoms with van der Waals surface area (Å²) in [6.45, 7) is 7.35. The second-order valence-corrected chi connectivity index (χ2v) is 3.70. The molecule has 15 heavy (non-hydrogen) atoms. The second-order valence-electron chi connectivity index (χ2n) is 3.70. The Labute approximate surface area is 93.8 Å². The van der Waals surface area contributed by atoms with E-state index < -0.39 is 0 Å². The average molecular weight is 211 g/mol. The van der Waals surface area contributed by atoms with E-state index in [1.165, 1.54) is 32.1 Å². The van der Waals surface area contributed by atoms with Crippen molar-refractivity contribution in [2.45, 2.75) is 45.4 Å². The van der Waals surface area contributed by atoms with E-state index in [0.29, 0.717) is 12.5 Å². The first kappa shape index (κ1) is 14.0. The van der Waals surface area contributed by atoms with Crippen molar-refractivity contribution in [2.75, 3.05) is 13.1 Å². The van der Waals surface area contributed by atoms with Crippen molar-refractivity contribution in [3.8, 4) is 0 Å². The Morgan fingerprint density at radius 2 is 1.93 bits per heavy atom. The van der Waals surface area contributed by atoms with Crippen LogP contribution in [0.5, 0.6) is 0 Å². The van der Waals surface area contributed by atoms with Crippen LogP contribution in [-0.4, -0.2) is 19.0 Å². The quantitative estimate of drug-likeness (QED) is 0.266. The number of rotatable bonds is 9. The fraction of sp³-hybridized carbons (Fsp3) is 0.750. The van der Waals surface area contributed by atoms with E-state index in [-0.39, 0.29) is 0 Å². The molecule has 0 saturated heterocycles. The van der Waals surface area contributed by atoms with E-state index in [1.807, 2.05) is 0 Å². The van der Waals surface area contributed by atoms with Crippen molar-refractivity contribution in [2.24, 2.45) is 10.7 Å². The summed E-state index contributed by atoms with van der Waals surface area (Å²) in [7, 11) is 0. The van der Waals surface area contributed by atoms with E-state index in [2.05, 4.69) is 23.8 Å². The molecule has 0 fully saturated rings. The number of hydrogen-bond acceptors (Lipinski definition) is 1. The summed E-state index contributed by atoms with van der Waals surface area (Å²) >= 11 is 0. The molecule has 0 rings (SSSR count). The first-order valence-electron chi connectivity index (χ1n) is 5.96. The number of guanidine groups is 1. The predicted octanol–water partition coefficient (Wildman–Crippen LogP) is 2.44. The summed E-state index contributed by atoms with van der Waals surface area (Å²) in [5.41, 5.74) is 5.61. The molecule has 0 radical (unpaired) electrons. The molecule has 0 aliphatic carbocycles. The first-order valence-corrected chi connectivity index (χ1v) is 5.96. The lowest BCUT2D eigenvalue weighted by Gasteiger charge is -2.02. The summed E-state index contributed by atoms with van der Waals surface area (Å²) in [6.07, 6.45) is 9.50. The number of nitrogens with one attached hydrogen (secondary N) is 1. The van der Waals surface area contributed by atoms with Crippen LogP contribution in [0.3, 0.4) is 0 Å². The zero-order chi connectivity index (χ0) is 11.4. The molecule has 0 amide bonds. The van der Waals surface area contributed by atoms with Crippen molar-refractivity contribution < 1.29 is 0 Å². The predicted molar refractivity (Wildman–Crippen MR) is 68.1 cm³/mol. The summed E-state index contributed by atoms with van der Waals surface area (Å²) in [6, 6.07) is 0. The maximum absolute atomic E-state index is 5.61. The van der Waals surface area contributed by atoms with Crippen LogP contribution in [-0.2, 0) is 0 Å². The molecule has 0 unspecified atom stereocenters. The highest BCUT2D eigenvalue weighted by Gasteiger charge is 1.90. The van der Waals surface area contributed by atoms with Crippen LogP contribution in [0, 0.1) is 0 Å². The zero-order valence-electron chi connectivity index (χ0n) is 9.97. The lowest BCUT2D eigenvalue weighted by molar-refractivity contribution is 0.612. The standard InChI is InChI=1S/C12H25N3/c1-3-5-6-7-8-9-11-15-12(13)14-10-4-2/h4H,2-3,5-11H2,1H3,(H3,13,14,15). The Kier molecular flexibility index (Phi) is 10.4. The van der Waals surface area contributed by atoms with Crippen LogP contribution in [0.2, 0.25) is 0 Å². The molecule has 3 nitrogen and oxygen atoms in total. The third-order valence-electron chi connectivity index (χ3n) is 2.22. The number of hydrogen-bond donors (Lipinski definition) is 2. The molecule has 0 bridgehead atoms. The van der Waals surface area contributed by atoms with Crippen LogP contribution in [0.1, 0.15) is 45.4 Å². The molecular formula is C12H25N3. The third kappa shape index (κ3) is 10.9. The normalized spacial score (nSPS) is 11.4. The summed E-state index contributed by atoms with van der Waals surface area (Å²) < 4.78 is 0. The van der Waals surface area contributed by atoms with E-state index >= 15 is 0 Å². The van der Waals surface area contributed by atoms with Gasteiger partial charge in [0.15, 0.2) is 5.96 Å². The highest BCUT2D eigenvalue weighted by molar-refractivity contribution is 5.77. The lowest BCUT2D eigenvalue weighted by atomic mass is 10.1. The molecule has 0 spiro atoms. The maximum Gasteiger partial charge on any atom is 0.188 e. The van der Waals surface area contributed by atoms with Gasteiger partial charge in [0, 0.05) is 13.1 Å². The number of nitrogens with two attached hydrogens (primary N) is 1. The zero-order valence-corrected chi connectivity index (χ0v) is 9.97. The third-order valence-corrected chi connectivity index (χ3v) is 2.22. The topological polar surface area (TPSA) is 50.4 Å². The van der Waals surface area contributed by atoms with Crippen LogP contribution >= 0.6 is 0 Å². The van der Waals surface area contributed by atoms with Gasteiger partial charge in [-0.25, -0.2) is 0 Å². The number of aliphatic imine (C=N–C) groups is 1. The lowest BCUT2D eigenvalue weighted by Crippen LogP contribution is -2.31. The SMILES string of the molecule is C=CCNC(N)=NCCCCCCCC. The minimum Gasteiger partial charge on any atom is -0.370 e.